The molecule has 1 fully saturated rings. The monoisotopic (exact) mass is 444 g/mol. The molecule has 0 aromatic carbocycles. The maximum Gasteiger partial charge on any atom is 0.154 e. The highest BCUT2D eigenvalue weighted by Gasteiger charge is 2.21. The van der Waals surface area contributed by atoms with Gasteiger partial charge in [-0.15, -0.1) is 42.3 Å². The SMILES string of the molecule is Cc1nc2ccc(N3CCN(C(C)C)CC3)nn2c1-c1ccncc1.Cl.Cl.Cl. The van der Waals surface area contributed by atoms with Gasteiger partial charge in [-0.2, -0.15) is 0 Å². The molecule has 1 aliphatic heterocycles. The van der Waals surface area contributed by atoms with Crippen LogP contribution < -0.4 is 4.90 Å². The van der Waals surface area contributed by atoms with Crippen LogP contribution in [0.25, 0.3) is 16.9 Å². The van der Waals surface area contributed by atoms with Crippen LogP contribution in [0.5, 0.6) is 0 Å². The maximum atomic E-state index is 4.91. The molecule has 0 unspecified atom stereocenters. The van der Waals surface area contributed by atoms with Crippen LogP contribution in [0.4, 0.5) is 5.82 Å². The predicted octanol–water partition coefficient (Wildman–Crippen LogP) is 3.90. The number of nitrogens with zero attached hydrogens (tertiary/aromatic N) is 6. The molecule has 0 bridgehead atoms. The topological polar surface area (TPSA) is 49.6 Å². The summed E-state index contributed by atoms with van der Waals surface area (Å²) in [6.45, 7) is 10.7. The molecule has 1 saturated heterocycles. The molecule has 28 heavy (non-hydrogen) atoms. The Morgan fingerprint density at radius 1 is 0.893 bits per heavy atom. The van der Waals surface area contributed by atoms with Gasteiger partial charge < -0.3 is 4.90 Å². The van der Waals surface area contributed by atoms with Gasteiger partial charge in [0.05, 0.1) is 11.4 Å². The van der Waals surface area contributed by atoms with Crippen molar-refractivity contribution in [2.75, 3.05) is 31.1 Å². The van der Waals surface area contributed by atoms with Crippen LogP contribution in [-0.2, 0) is 0 Å². The maximum absolute atomic E-state index is 4.91. The summed E-state index contributed by atoms with van der Waals surface area (Å²) in [5.74, 6) is 1.02. The summed E-state index contributed by atoms with van der Waals surface area (Å²) in [6.07, 6.45) is 3.62. The summed E-state index contributed by atoms with van der Waals surface area (Å²) in [5.41, 5.74) is 4.00. The van der Waals surface area contributed by atoms with E-state index in [1.54, 1.807) is 0 Å². The Morgan fingerprint density at radius 2 is 1.54 bits per heavy atom. The van der Waals surface area contributed by atoms with E-state index in [4.69, 9.17) is 5.10 Å². The summed E-state index contributed by atoms with van der Waals surface area (Å²) in [5, 5.41) is 4.91. The highest BCUT2D eigenvalue weighted by molar-refractivity contribution is 5.86. The van der Waals surface area contributed by atoms with E-state index in [2.05, 4.69) is 45.7 Å². The third-order valence-electron chi connectivity index (χ3n) is 4.96. The number of anilines is 1. The molecule has 4 rings (SSSR count). The zero-order chi connectivity index (χ0) is 17.4. The lowest BCUT2D eigenvalue weighted by Gasteiger charge is -2.37. The van der Waals surface area contributed by atoms with Crippen LogP contribution in [0.15, 0.2) is 36.7 Å². The van der Waals surface area contributed by atoms with Gasteiger partial charge in [0.15, 0.2) is 5.65 Å². The Labute approximate surface area is 184 Å². The number of piperazine rings is 1. The zero-order valence-electron chi connectivity index (χ0n) is 16.3. The zero-order valence-corrected chi connectivity index (χ0v) is 18.7. The van der Waals surface area contributed by atoms with Crippen molar-refractivity contribution in [1.82, 2.24) is 24.5 Å². The smallest absolute Gasteiger partial charge is 0.154 e. The lowest BCUT2D eigenvalue weighted by Crippen LogP contribution is -2.49. The number of fused-ring (bicyclic) bond motifs is 1. The van der Waals surface area contributed by atoms with E-state index in [9.17, 15) is 0 Å². The van der Waals surface area contributed by atoms with Gasteiger partial charge in [0.25, 0.3) is 0 Å². The fraction of sp³-hybridized carbons (Fsp3) is 0.421. The molecule has 4 heterocycles. The Morgan fingerprint density at radius 3 is 2.14 bits per heavy atom. The molecule has 3 aromatic heterocycles. The van der Waals surface area contributed by atoms with Crippen LogP contribution >= 0.6 is 37.2 Å². The van der Waals surface area contributed by atoms with Crippen molar-refractivity contribution in [3.05, 3.63) is 42.4 Å². The highest BCUT2D eigenvalue weighted by Crippen LogP contribution is 2.25. The molecule has 0 spiro atoms. The lowest BCUT2D eigenvalue weighted by molar-refractivity contribution is 0.209. The van der Waals surface area contributed by atoms with Gasteiger partial charge in [-0.3, -0.25) is 9.88 Å². The van der Waals surface area contributed by atoms with Crippen molar-refractivity contribution in [2.24, 2.45) is 0 Å². The van der Waals surface area contributed by atoms with Crippen molar-refractivity contribution in [3.8, 4) is 11.3 Å². The summed E-state index contributed by atoms with van der Waals surface area (Å²) in [6, 6.07) is 8.77. The number of aromatic nitrogens is 4. The molecule has 0 atom stereocenters. The number of aryl methyl sites for hydroxylation is 1. The van der Waals surface area contributed by atoms with E-state index in [-0.39, 0.29) is 37.2 Å². The fourth-order valence-electron chi connectivity index (χ4n) is 3.51. The van der Waals surface area contributed by atoms with Gasteiger partial charge in [0.2, 0.25) is 0 Å². The number of halogens is 3. The first-order valence-electron chi connectivity index (χ1n) is 8.89. The first kappa shape index (κ1) is 24.4. The molecular weight excluding hydrogens is 419 g/mol. The van der Waals surface area contributed by atoms with Gasteiger partial charge in [-0.1, -0.05) is 0 Å². The molecule has 3 aromatic rings. The molecule has 1 aliphatic rings. The Balaban J connectivity index is 0.00000131. The van der Waals surface area contributed by atoms with Crippen molar-refractivity contribution in [2.45, 2.75) is 26.8 Å². The second-order valence-electron chi connectivity index (χ2n) is 6.86. The first-order chi connectivity index (χ1) is 12.1. The number of pyridine rings is 1. The van der Waals surface area contributed by atoms with Gasteiger partial charge in [-0.25, -0.2) is 9.50 Å². The second kappa shape index (κ2) is 10.3. The summed E-state index contributed by atoms with van der Waals surface area (Å²) >= 11 is 0. The summed E-state index contributed by atoms with van der Waals surface area (Å²) < 4.78 is 1.97. The molecule has 154 valence electrons. The van der Waals surface area contributed by atoms with E-state index >= 15 is 0 Å². The van der Waals surface area contributed by atoms with E-state index < -0.39 is 0 Å². The number of rotatable bonds is 3. The molecule has 0 saturated carbocycles. The first-order valence-corrected chi connectivity index (χ1v) is 8.89. The lowest BCUT2D eigenvalue weighted by atomic mass is 10.2. The molecule has 6 nitrogen and oxygen atoms in total. The van der Waals surface area contributed by atoms with Crippen LogP contribution in [0, 0.1) is 6.92 Å². The van der Waals surface area contributed by atoms with Crippen LogP contribution in [0.3, 0.4) is 0 Å². The van der Waals surface area contributed by atoms with Crippen molar-refractivity contribution in [3.63, 3.8) is 0 Å². The minimum atomic E-state index is 0. The Kier molecular flexibility index (Phi) is 8.95. The Hall–Kier alpha value is -1.60. The number of hydrogen-bond acceptors (Lipinski definition) is 5. The van der Waals surface area contributed by atoms with Crippen LogP contribution in [0.1, 0.15) is 19.5 Å². The second-order valence-corrected chi connectivity index (χ2v) is 6.86. The van der Waals surface area contributed by atoms with Crippen LogP contribution in [-0.4, -0.2) is 56.7 Å². The normalized spacial score (nSPS) is 14.4. The fourth-order valence-corrected chi connectivity index (χ4v) is 3.51. The van der Waals surface area contributed by atoms with E-state index in [1.165, 1.54) is 0 Å². The highest BCUT2D eigenvalue weighted by atomic mass is 35.5. The predicted molar refractivity (Wildman–Crippen MR) is 122 cm³/mol. The van der Waals surface area contributed by atoms with Crippen LogP contribution in [0.2, 0.25) is 0 Å². The van der Waals surface area contributed by atoms with Crippen molar-refractivity contribution >= 4 is 48.7 Å². The molecule has 0 amide bonds. The van der Waals surface area contributed by atoms with Gasteiger partial charge >= 0.3 is 0 Å². The molecule has 9 heteroatoms. The Bertz CT molecular complexity index is 876. The third kappa shape index (κ3) is 4.69. The third-order valence-corrected chi connectivity index (χ3v) is 4.96. The average Bonchev–Trinajstić information content (AvgIpc) is 2.97. The molecule has 0 radical (unpaired) electrons. The summed E-state index contributed by atoms with van der Waals surface area (Å²) in [4.78, 5) is 13.7. The molecule has 0 aliphatic carbocycles. The standard InChI is InChI=1S/C19H24N6.3ClH/c1-14(2)23-10-12-24(13-11-23)18-5-4-17-21-15(3)19(25(17)22-18)16-6-8-20-9-7-16;;;/h4-9,14H,10-13H2,1-3H3;3*1H. The van der Waals surface area contributed by atoms with E-state index in [0.717, 1.165) is 54.6 Å². The molecule has 0 N–H and O–H groups in total. The van der Waals surface area contributed by atoms with E-state index in [0.29, 0.717) is 6.04 Å². The van der Waals surface area contributed by atoms with Gasteiger partial charge in [-0.05, 0) is 45.0 Å². The van der Waals surface area contributed by atoms with Crippen molar-refractivity contribution < 1.29 is 0 Å². The summed E-state index contributed by atoms with van der Waals surface area (Å²) in [7, 11) is 0. The van der Waals surface area contributed by atoms with E-state index in [1.807, 2.05) is 36.0 Å². The van der Waals surface area contributed by atoms with Gasteiger partial charge in [0, 0.05) is 50.2 Å². The number of hydrogen-bond donors (Lipinski definition) is 0. The average molecular weight is 446 g/mol. The quantitative estimate of drug-likeness (QED) is 0.612. The molecular formula is C19H27Cl3N6. The largest absolute Gasteiger partial charge is 0.353 e. The minimum absolute atomic E-state index is 0. The van der Waals surface area contributed by atoms with Gasteiger partial charge in [0.1, 0.15) is 5.82 Å². The minimum Gasteiger partial charge on any atom is -0.353 e. The number of imidazole rings is 1. The van der Waals surface area contributed by atoms with Crippen molar-refractivity contribution in [1.29, 1.82) is 0 Å².